The van der Waals surface area contributed by atoms with Crippen LogP contribution in [0.3, 0.4) is 0 Å². The molecule has 0 aliphatic heterocycles. The average Bonchev–Trinajstić information content (AvgIpc) is 2.03. The van der Waals surface area contributed by atoms with Gasteiger partial charge in [0.05, 0.1) is 0 Å². The molecule has 0 aliphatic rings. The van der Waals surface area contributed by atoms with Crippen molar-refractivity contribution in [2.75, 3.05) is 0 Å². The highest BCUT2D eigenvalue weighted by atomic mass is 79.9. The van der Waals surface area contributed by atoms with E-state index in [2.05, 4.69) is 15.9 Å². The molecule has 0 fully saturated rings. The molecule has 3 heteroatoms. The SMILES string of the molecule is CC(Br)C(C)c1ccc(F)cc1F. The van der Waals surface area contributed by atoms with Crippen molar-refractivity contribution in [2.45, 2.75) is 24.6 Å². The molecule has 0 saturated carbocycles. The van der Waals surface area contributed by atoms with Gasteiger partial charge < -0.3 is 0 Å². The first kappa shape index (κ1) is 10.6. The van der Waals surface area contributed by atoms with Gasteiger partial charge >= 0.3 is 0 Å². The quantitative estimate of drug-likeness (QED) is 0.698. The van der Waals surface area contributed by atoms with E-state index < -0.39 is 11.6 Å². The summed E-state index contributed by atoms with van der Waals surface area (Å²) in [4.78, 5) is 0.174. The second kappa shape index (κ2) is 4.18. The molecule has 0 nitrogen and oxygen atoms in total. The number of alkyl halides is 1. The molecule has 0 heterocycles. The van der Waals surface area contributed by atoms with Crippen LogP contribution < -0.4 is 0 Å². The van der Waals surface area contributed by atoms with E-state index in [1.165, 1.54) is 12.1 Å². The Morgan fingerprint density at radius 1 is 1.23 bits per heavy atom. The zero-order valence-corrected chi connectivity index (χ0v) is 9.11. The van der Waals surface area contributed by atoms with E-state index in [-0.39, 0.29) is 10.7 Å². The molecule has 0 saturated heterocycles. The molecule has 0 bridgehead atoms. The van der Waals surface area contributed by atoms with Crippen LogP contribution in [0.5, 0.6) is 0 Å². The summed E-state index contributed by atoms with van der Waals surface area (Å²) in [6.45, 7) is 3.84. The predicted molar refractivity (Wildman–Crippen MR) is 53.2 cm³/mol. The Balaban J connectivity index is 3.01. The predicted octanol–water partition coefficient (Wildman–Crippen LogP) is 3.85. The Morgan fingerprint density at radius 2 is 1.85 bits per heavy atom. The third kappa shape index (κ3) is 2.50. The van der Waals surface area contributed by atoms with Crippen molar-refractivity contribution in [2.24, 2.45) is 0 Å². The minimum atomic E-state index is -0.532. The summed E-state index contributed by atoms with van der Waals surface area (Å²) in [6.07, 6.45) is 0. The Labute approximate surface area is 85.1 Å². The first-order chi connectivity index (χ1) is 6.02. The minimum Gasteiger partial charge on any atom is -0.207 e. The molecule has 2 atom stereocenters. The van der Waals surface area contributed by atoms with Gasteiger partial charge in [-0.05, 0) is 17.5 Å². The van der Waals surface area contributed by atoms with Crippen LogP contribution in [0.25, 0.3) is 0 Å². The van der Waals surface area contributed by atoms with Crippen molar-refractivity contribution in [1.29, 1.82) is 0 Å². The highest BCUT2D eigenvalue weighted by Crippen LogP contribution is 2.26. The lowest BCUT2D eigenvalue weighted by Gasteiger charge is -2.14. The number of benzene rings is 1. The molecule has 0 aliphatic carbocycles. The van der Waals surface area contributed by atoms with Gasteiger partial charge in [0.25, 0.3) is 0 Å². The molecule has 0 N–H and O–H groups in total. The van der Waals surface area contributed by atoms with Crippen LogP contribution in [-0.4, -0.2) is 4.83 Å². The zero-order valence-electron chi connectivity index (χ0n) is 7.52. The average molecular weight is 249 g/mol. The number of hydrogen-bond acceptors (Lipinski definition) is 0. The van der Waals surface area contributed by atoms with Gasteiger partial charge in [0.2, 0.25) is 0 Å². The minimum absolute atomic E-state index is 0.0422. The number of hydrogen-bond donors (Lipinski definition) is 0. The van der Waals surface area contributed by atoms with E-state index >= 15 is 0 Å². The number of rotatable bonds is 2. The van der Waals surface area contributed by atoms with Crippen LogP contribution in [0, 0.1) is 11.6 Å². The van der Waals surface area contributed by atoms with Crippen molar-refractivity contribution in [3.63, 3.8) is 0 Å². The summed E-state index contributed by atoms with van der Waals surface area (Å²) in [6, 6.07) is 3.69. The second-order valence-corrected chi connectivity index (χ2v) is 4.58. The fourth-order valence-electron chi connectivity index (χ4n) is 1.12. The van der Waals surface area contributed by atoms with Gasteiger partial charge in [0.15, 0.2) is 0 Å². The maximum atomic E-state index is 13.2. The Kier molecular flexibility index (Phi) is 3.42. The summed E-state index contributed by atoms with van der Waals surface area (Å²) in [5.41, 5.74) is 0.547. The van der Waals surface area contributed by atoms with Crippen LogP contribution in [0.15, 0.2) is 18.2 Å². The molecule has 0 amide bonds. The van der Waals surface area contributed by atoms with Crippen LogP contribution in [-0.2, 0) is 0 Å². The van der Waals surface area contributed by atoms with Gasteiger partial charge in [0, 0.05) is 10.9 Å². The Morgan fingerprint density at radius 3 is 2.31 bits per heavy atom. The third-order valence-electron chi connectivity index (χ3n) is 2.14. The van der Waals surface area contributed by atoms with Gasteiger partial charge in [-0.3, -0.25) is 0 Å². The van der Waals surface area contributed by atoms with E-state index in [1.54, 1.807) is 0 Å². The summed E-state index contributed by atoms with van der Waals surface area (Å²) in [7, 11) is 0. The fraction of sp³-hybridized carbons (Fsp3) is 0.400. The summed E-state index contributed by atoms with van der Waals surface area (Å²) < 4.78 is 25.8. The molecule has 2 unspecified atom stereocenters. The van der Waals surface area contributed by atoms with Gasteiger partial charge in [-0.2, -0.15) is 0 Å². The van der Waals surface area contributed by atoms with Crippen LogP contribution >= 0.6 is 15.9 Å². The van der Waals surface area contributed by atoms with E-state index in [9.17, 15) is 8.78 Å². The summed E-state index contributed by atoms with van der Waals surface area (Å²) in [5, 5.41) is 0. The molecular formula is C10H11BrF2. The molecule has 1 aromatic rings. The van der Waals surface area contributed by atoms with Crippen LogP contribution in [0.1, 0.15) is 25.3 Å². The summed E-state index contributed by atoms with van der Waals surface area (Å²) >= 11 is 3.37. The monoisotopic (exact) mass is 248 g/mol. The fourth-order valence-corrected chi connectivity index (χ4v) is 1.40. The first-order valence-corrected chi connectivity index (χ1v) is 5.03. The third-order valence-corrected chi connectivity index (χ3v) is 2.94. The zero-order chi connectivity index (χ0) is 10.0. The highest BCUT2D eigenvalue weighted by molar-refractivity contribution is 9.09. The van der Waals surface area contributed by atoms with Gasteiger partial charge in [-0.15, -0.1) is 0 Å². The standard InChI is InChI=1S/C10H11BrF2/c1-6(7(2)11)9-4-3-8(12)5-10(9)13/h3-7H,1-2H3. The van der Waals surface area contributed by atoms with Crippen molar-refractivity contribution in [1.82, 2.24) is 0 Å². The smallest absolute Gasteiger partial charge is 0.129 e. The number of halogens is 3. The molecule has 13 heavy (non-hydrogen) atoms. The van der Waals surface area contributed by atoms with E-state index in [0.29, 0.717) is 5.56 Å². The van der Waals surface area contributed by atoms with Gasteiger partial charge in [-0.1, -0.05) is 35.8 Å². The first-order valence-electron chi connectivity index (χ1n) is 4.11. The van der Waals surface area contributed by atoms with Crippen molar-refractivity contribution in [3.05, 3.63) is 35.4 Å². The highest BCUT2D eigenvalue weighted by Gasteiger charge is 2.15. The molecule has 1 aromatic carbocycles. The topological polar surface area (TPSA) is 0 Å². The van der Waals surface area contributed by atoms with Crippen molar-refractivity contribution >= 4 is 15.9 Å². The second-order valence-electron chi connectivity index (χ2n) is 3.13. The lowest BCUT2D eigenvalue weighted by molar-refractivity contribution is 0.559. The lowest BCUT2D eigenvalue weighted by atomic mass is 9.98. The summed E-state index contributed by atoms with van der Waals surface area (Å²) in [5.74, 6) is -0.963. The maximum absolute atomic E-state index is 13.2. The van der Waals surface area contributed by atoms with E-state index in [4.69, 9.17) is 0 Å². The van der Waals surface area contributed by atoms with Crippen molar-refractivity contribution in [3.8, 4) is 0 Å². The van der Waals surface area contributed by atoms with Crippen molar-refractivity contribution < 1.29 is 8.78 Å². The largest absolute Gasteiger partial charge is 0.207 e. The Bertz CT molecular complexity index is 297. The molecule has 0 radical (unpaired) electrons. The molecule has 72 valence electrons. The molecule has 0 aromatic heterocycles. The maximum Gasteiger partial charge on any atom is 0.129 e. The molecular weight excluding hydrogens is 238 g/mol. The van der Waals surface area contributed by atoms with Crippen LogP contribution in [0.2, 0.25) is 0 Å². The van der Waals surface area contributed by atoms with Crippen LogP contribution in [0.4, 0.5) is 8.78 Å². The lowest BCUT2D eigenvalue weighted by Crippen LogP contribution is -2.06. The van der Waals surface area contributed by atoms with E-state index in [1.807, 2.05) is 13.8 Å². The van der Waals surface area contributed by atoms with Gasteiger partial charge in [0.1, 0.15) is 11.6 Å². The normalized spacial score (nSPS) is 15.5. The molecule has 0 spiro atoms. The van der Waals surface area contributed by atoms with Gasteiger partial charge in [-0.25, -0.2) is 8.78 Å². The molecule has 1 rings (SSSR count). The Hall–Kier alpha value is -0.440. The van der Waals surface area contributed by atoms with E-state index in [0.717, 1.165) is 6.07 Å².